The van der Waals surface area contributed by atoms with Gasteiger partial charge in [0.25, 0.3) is 5.91 Å². The maximum Gasteiger partial charge on any atom is 0.310 e. The second kappa shape index (κ2) is 8.78. The van der Waals surface area contributed by atoms with E-state index in [-0.39, 0.29) is 17.1 Å². The smallest absolute Gasteiger partial charge is 0.310 e. The van der Waals surface area contributed by atoms with Crippen molar-refractivity contribution >= 4 is 27.5 Å². The first-order valence-electron chi connectivity index (χ1n) is 10.4. The van der Waals surface area contributed by atoms with Crippen molar-refractivity contribution in [3.05, 3.63) is 11.3 Å². The topological polar surface area (TPSA) is 107 Å². The maximum atomic E-state index is 13.3. The number of rotatable bonds is 8. The van der Waals surface area contributed by atoms with Crippen LogP contribution in [0.1, 0.15) is 67.2 Å². The van der Waals surface area contributed by atoms with Gasteiger partial charge in [0, 0.05) is 18.1 Å². The number of fused-ring (bicyclic) bond motifs is 1. The first kappa shape index (κ1) is 24.5. The van der Waals surface area contributed by atoms with Crippen molar-refractivity contribution in [3.63, 3.8) is 0 Å². The van der Waals surface area contributed by atoms with Crippen LogP contribution in [0.5, 0.6) is 0 Å². The molecule has 0 aromatic heterocycles. The van der Waals surface area contributed by atoms with Crippen LogP contribution >= 0.6 is 0 Å². The van der Waals surface area contributed by atoms with Crippen LogP contribution < -0.4 is 0 Å². The number of allylic oxidation sites excluding steroid dienone is 1. The molecule has 0 spiro atoms. The monoisotopic (exact) mass is 443 g/mol. The zero-order chi connectivity index (χ0) is 23.0. The summed E-state index contributed by atoms with van der Waals surface area (Å²) in [4.78, 5) is 39.4. The number of amides is 1. The molecule has 0 saturated carbocycles. The predicted molar refractivity (Wildman–Crippen MR) is 111 cm³/mol. The lowest BCUT2D eigenvalue weighted by Crippen LogP contribution is -2.72. The Hall–Kier alpha value is -1.74. The molecule has 0 N–H and O–H groups in total. The van der Waals surface area contributed by atoms with E-state index >= 15 is 0 Å². The number of esters is 1. The van der Waals surface area contributed by atoms with E-state index < -0.39 is 50.0 Å². The van der Waals surface area contributed by atoms with E-state index in [2.05, 4.69) is 0 Å². The molecule has 2 aliphatic rings. The summed E-state index contributed by atoms with van der Waals surface area (Å²) in [6.07, 6.45) is 1.63. The highest BCUT2D eigenvalue weighted by molar-refractivity contribution is 7.93. The van der Waals surface area contributed by atoms with Gasteiger partial charge < -0.3 is 9.47 Å². The van der Waals surface area contributed by atoms with Crippen LogP contribution in [-0.4, -0.2) is 55.0 Å². The van der Waals surface area contributed by atoms with Gasteiger partial charge in [0.15, 0.2) is 17.3 Å². The summed E-state index contributed by atoms with van der Waals surface area (Å²) in [6, 6.07) is 0. The highest BCUT2D eigenvalue weighted by atomic mass is 32.2. The van der Waals surface area contributed by atoms with E-state index in [1.165, 1.54) is 14.0 Å². The molecule has 30 heavy (non-hydrogen) atoms. The number of nitrogens with zero attached hydrogens (tertiary/aromatic N) is 1. The average molecular weight is 444 g/mol. The average Bonchev–Trinajstić information content (AvgIpc) is 2.65. The lowest BCUT2D eigenvalue weighted by Gasteiger charge is -2.50. The highest BCUT2D eigenvalue weighted by Gasteiger charge is 2.64. The van der Waals surface area contributed by atoms with Gasteiger partial charge in [-0.05, 0) is 19.8 Å². The third-order valence-electron chi connectivity index (χ3n) is 5.70. The fourth-order valence-electron chi connectivity index (χ4n) is 3.83. The molecule has 2 heterocycles. The maximum absolute atomic E-state index is 13.3. The van der Waals surface area contributed by atoms with E-state index in [4.69, 9.17) is 9.47 Å². The van der Waals surface area contributed by atoms with E-state index in [9.17, 15) is 22.8 Å². The van der Waals surface area contributed by atoms with Crippen LogP contribution in [0.25, 0.3) is 0 Å². The van der Waals surface area contributed by atoms with Crippen LogP contribution in [0.2, 0.25) is 0 Å². The predicted octanol–water partition coefficient (Wildman–Crippen LogP) is 2.57. The first-order chi connectivity index (χ1) is 13.8. The number of ether oxygens (including phenoxy) is 2. The fraction of sp³-hybridized carbons (Fsp3) is 0.762. The quantitative estimate of drug-likeness (QED) is 0.419. The number of sulfone groups is 1. The van der Waals surface area contributed by atoms with Gasteiger partial charge in [0.2, 0.25) is 15.3 Å². The largest absolute Gasteiger partial charge is 0.441 e. The molecule has 0 bridgehead atoms. The van der Waals surface area contributed by atoms with Crippen molar-refractivity contribution < 1.29 is 32.3 Å². The normalized spacial score (nSPS) is 26.7. The second-order valence-corrected chi connectivity index (χ2v) is 11.1. The van der Waals surface area contributed by atoms with Crippen LogP contribution in [0.4, 0.5) is 0 Å². The van der Waals surface area contributed by atoms with E-state index in [0.29, 0.717) is 12.8 Å². The summed E-state index contributed by atoms with van der Waals surface area (Å²) in [5.74, 6) is -2.00. The van der Waals surface area contributed by atoms with Crippen molar-refractivity contribution in [3.8, 4) is 0 Å². The molecule has 0 radical (unpaired) electrons. The van der Waals surface area contributed by atoms with Crippen LogP contribution in [-0.2, 0) is 33.7 Å². The molecular formula is C21H33NO7S. The standard InChI is InChI=1S/C21H33NO7S/c1-8-10-11-13(9-2)19(25)29-20-12(3)14(16(23)21(4,5)6)22-17(24)15(28-7)18(22)30(20,26)27/h13,15,18,20H,8-11H2,1-7H3/t13?,15-,18+,20?/m0/s1. The number of ketones is 1. The summed E-state index contributed by atoms with van der Waals surface area (Å²) in [5, 5.41) is -1.38. The molecule has 2 aliphatic heterocycles. The lowest BCUT2D eigenvalue weighted by molar-refractivity contribution is -0.162. The van der Waals surface area contributed by atoms with Gasteiger partial charge >= 0.3 is 5.97 Å². The Kier molecular flexibility index (Phi) is 7.18. The molecular weight excluding hydrogens is 410 g/mol. The summed E-state index contributed by atoms with van der Waals surface area (Å²) >= 11 is 0. The molecule has 1 fully saturated rings. The fourth-order valence-corrected chi connectivity index (χ4v) is 5.99. The Labute approximate surface area is 178 Å². The number of methoxy groups -OCH3 is 1. The van der Waals surface area contributed by atoms with E-state index in [1.807, 2.05) is 13.8 Å². The van der Waals surface area contributed by atoms with Crippen LogP contribution in [0.3, 0.4) is 0 Å². The molecule has 2 unspecified atom stereocenters. The Morgan fingerprint density at radius 1 is 1.20 bits per heavy atom. The molecule has 0 aromatic carbocycles. The lowest BCUT2D eigenvalue weighted by atomic mass is 9.85. The number of carbonyl (C=O) groups excluding carboxylic acids is 3. The summed E-state index contributed by atoms with van der Waals surface area (Å²) in [6.45, 7) is 10.3. The SMILES string of the molecule is CCCCC(CC)C(=O)OC1C(C)=C(C(=O)C(C)(C)C)N2C(=O)[C@H](OC)[C@H]2S1(=O)=O. The van der Waals surface area contributed by atoms with Crippen molar-refractivity contribution in [2.45, 2.75) is 84.1 Å². The Balaban J connectivity index is 2.53. The van der Waals surface area contributed by atoms with Gasteiger partial charge in [-0.1, -0.05) is 47.5 Å². The number of Topliss-reactive ketones (excluding diaryl/α,β-unsaturated/α-hetero) is 1. The molecule has 2 rings (SSSR count). The van der Waals surface area contributed by atoms with Crippen molar-refractivity contribution in [1.29, 1.82) is 0 Å². The van der Waals surface area contributed by atoms with E-state index in [0.717, 1.165) is 17.7 Å². The molecule has 9 heteroatoms. The molecule has 1 saturated heterocycles. The zero-order valence-corrected chi connectivity index (χ0v) is 19.7. The molecule has 8 nitrogen and oxygen atoms in total. The molecule has 170 valence electrons. The van der Waals surface area contributed by atoms with Gasteiger partial charge in [-0.15, -0.1) is 0 Å². The minimum absolute atomic E-state index is 0.0139. The number of unbranched alkanes of at least 4 members (excludes halogenated alkanes) is 1. The van der Waals surface area contributed by atoms with E-state index in [1.54, 1.807) is 20.8 Å². The Bertz CT molecular complexity index is 853. The van der Waals surface area contributed by atoms with Crippen molar-refractivity contribution in [1.82, 2.24) is 4.90 Å². The minimum Gasteiger partial charge on any atom is -0.441 e. The van der Waals surface area contributed by atoms with Gasteiger partial charge in [-0.2, -0.15) is 0 Å². The summed E-state index contributed by atoms with van der Waals surface area (Å²) in [5.41, 5.74) is -2.43. The van der Waals surface area contributed by atoms with Gasteiger partial charge in [0.05, 0.1) is 11.6 Å². The Morgan fingerprint density at radius 3 is 2.27 bits per heavy atom. The van der Waals surface area contributed by atoms with Gasteiger partial charge in [0.1, 0.15) is 0 Å². The minimum atomic E-state index is -4.15. The van der Waals surface area contributed by atoms with Gasteiger partial charge in [-0.25, -0.2) is 8.42 Å². The van der Waals surface area contributed by atoms with Crippen molar-refractivity contribution in [2.75, 3.05) is 7.11 Å². The molecule has 1 amide bonds. The summed E-state index contributed by atoms with van der Waals surface area (Å²) in [7, 11) is -2.91. The second-order valence-electron chi connectivity index (χ2n) is 8.97. The van der Waals surface area contributed by atoms with Crippen LogP contribution in [0.15, 0.2) is 11.3 Å². The zero-order valence-electron chi connectivity index (χ0n) is 18.9. The Morgan fingerprint density at radius 2 is 1.80 bits per heavy atom. The molecule has 0 aromatic rings. The highest BCUT2D eigenvalue weighted by Crippen LogP contribution is 2.43. The number of carbonyl (C=O) groups is 3. The third kappa shape index (κ3) is 4.06. The summed E-state index contributed by atoms with van der Waals surface area (Å²) < 4.78 is 37.2. The van der Waals surface area contributed by atoms with Crippen LogP contribution in [0, 0.1) is 11.3 Å². The molecule has 0 aliphatic carbocycles. The third-order valence-corrected chi connectivity index (χ3v) is 7.88. The number of β-lactam (4-membered cyclic amide) rings is 1. The van der Waals surface area contributed by atoms with Gasteiger partial charge in [-0.3, -0.25) is 19.3 Å². The van der Waals surface area contributed by atoms with Crippen molar-refractivity contribution in [2.24, 2.45) is 11.3 Å². The number of hydrogen-bond donors (Lipinski definition) is 0. The molecule has 4 atom stereocenters. The number of hydrogen-bond acceptors (Lipinski definition) is 7. The first-order valence-corrected chi connectivity index (χ1v) is 12.0.